The van der Waals surface area contributed by atoms with Crippen molar-refractivity contribution in [2.75, 3.05) is 36.5 Å². The normalized spacial score (nSPS) is 12.3. The summed E-state index contributed by atoms with van der Waals surface area (Å²) in [5.41, 5.74) is -1.39. The number of nitrogens with one attached hydrogen (secondary N) is 1. The van der Waals surface area contributed by atoms with E-state index in [1.165, 1.54) is 0 Å². The van der Waals surface area contributed by atoms with E-state index in [4.69, 9.17) is 25.8 Å². The molecule has 1 aromatic heterocycles. The summed E-state index contributed by atoms with van der Waals surface area (Å²) in [4.78, 5) is 39.1. The highest BCUT2D eigenvalue weighted by Crippen LogP contribution is 2.17. The Balaban J connectivity index is 2.90. The van der Waals surface area contributed by atoms with Crippen LogP contribution in [0.1, 0.15) is 81.6 Å². The van der Waals surface area contributed by atoms with Gasteiger partial charge in [-0.05, 0) is 80.3 Å². The first-order valence-electron chi connectivity index (χ1n) is 11.9. The van der Waals surface area contributed by atoms with Gasteiger partial charge in [0.05, 0.1) is 18.4 Å². The molecule has 1 aromatic rings. The molecule has 11 heteroatoms. The fourth-order valence-corrected chi connectivity index (χ4v) is 2.92. The summed E-state index contributed by atoms with van der Waals surface area (Å²) in [5, 5.41) is 3.13. The topological polar surface area (TPSA) is 116 Å². The van der Waals surface area contributed by atoms with Crippen LogP contribution in [-0.4, -0.2) is 69.9 Å². The van der Waals surface area contributed by atoms with E-state index in [2.05, 4.69) is 20.3 Å². The van der Waals surface area contributed by atoms with Crippen LogP contribution in [0, 0.1) is 0 Å². The second kappa shape index (κ2) is 13.2. The lowest BCUT2D eigenvalue weighted by molar-refractivity contribution is -0.155. The van der Waals surface area contributed by atoms with Gasteiger partial charge in [0.25, 0.3) is 0 Å². The molecule has 0 aliphatic carbocycles. The molecule has 0 radical (unpaired) electrons. The Morgan fingerprint density at radius 2 is 1.34 bits per heavy atom. The summed E-state index contributed by atoms with van der Waals surface area (Å²) in [6, 6.07) is 0. The van der Waals surface area contributed by atoms with Crippen LogP contribution in [0.5, 0.6) is 0 Å². The predicted octanol–water partition coefficient (Wildman–Crippen LogP) is 4.41. The molecular formula is C24H42ClN5O5. The molecule has 0 fully saturated rings. The van der Waals surface area contributed by atoms with Crippen LogP contribution in [0.2, 0.25) is 5.28 Å². The number of hydrogen-bond donors (Lipinski definition) is 1. The third-order valence-electron chi connectivity index (χ3n) is 4.03. The number of anilines is 2. The summed E-state index contributed by atoms with van der Waals surface area (Å²) in [6.45, 7) is 18.5. The molecule has 0 bridgehead atoms. The number of aromatic nitrogens is 3. The van der Waals surface area contributed by atoms with Crippen molar-refractivity contribution >= 4 is 35.4 Å². The van der Waals surface area contributed by atoms with Gasteiger partial charge < -0.3 is 24.4 Å². The molecule has 0 saturated heterocycles. The van der Waals surface area contributed by atoms with Gasteiger partial charge >= 0.3 is 11.9 Å². The van der Waals surface area contributed by atoms with Gasteiger partial charge in [-0.1, -0.05) is 0 Å². The summed E-state index contributed by atoms with van der Waals surface area (Å²) in [7, 11) is 0. The van der Waals surface area contributed by atoms with Crippen LogP contribution in [0.25, 0.3) is 0 Å². The monoisotopic (exact) mass is 515 g/mol. The Morgan fingerprint density at radius 3 is 1.80 bits per heavy atom. The quantitative estimate of drug-likeness (QED) is 0.317. The lowest BCUT2D eigenvalue weighted by Crippen LogP contribution is -2.34. The van der Waals surface area contributed by atoms with E-state index < -0.39 is 11.2 Å². The molecule has 1 heterocycles. The van der Waals surface area contributed by atoms with E-state index in [9.17, 15) is 9.59 Å². The number of rotatable bonds is 12. The maximum Gasteiger partial charge on any atom is 0.308 e. The van der Waals surface area contributed by atoms with Crippen LogP contribution in [-0.2, 0) is 23.8 Å². The number of ether oxygens (including phenoxy) is 3. The summed E-state index contributed by atoms with van der Waals surface area (Å²) < 4.78 is 16.5. The fraction of sp³-hybridized carbons (Fsp3) is 0.792. The Morgan fingerprint density at radius 1 is 0.829 bits per heavy atom. The zero-order valence-electron chi connectivity index (χ0n) is 22.7. The van der Waals surface area contributed by atoms with Crippen molar-refractivity contribution in [3.05, 3.63) is 5.28 Å². The maximum absolute atomic E-state index is 12.3. The van der Waals surface area contributed by atoms with E-state index in [1.54, 1.807) is 46.4 Å². The lowest BCUT2D eigenvalue weighted by atomic mass is 10.2. The predicted molar refractivity (Wildman–Crippen MR) is 137 cm³/mol. The second-order valence-electron chi connectivity index (χ2n) is 11.1. The average molecular weight is 516 g/mol. The molecule has 0 aliphatic rings. The zero-order valence-corrected chi connectivity index (χ0v) is 23.4. The molecule has 10 nitrogen and oxygen atoms in total. The number of nitrogens with zero attached hydrogens (tertiary/aromatic N) is 4. The molecule has 0 saturated carbocycles. The first-order chi connectivity index (χ1) is 15.9. The zero-order chi connectivity index (χ0) is 26.9. The van der Waals surface area contributed by atoms with Crippen molar-refractivity contribution in [1.29, 1.82) is 0 Å². The molecule has 0 atom stereocenters. The highest BCUT2D eigenvalue weighted by molar-refractivity contribution is 6.28. The lowest BCUT2D eigenvalue weighted by Gasteiger charge is -2.25. The SMILES string of the molecule is CC(C)(C)OCCCNc1nc(Cl)nc(N(CCC(=O)OC(C)(C)C)CCC(=O)OC(C)(C)C)n1. The minimum absolute atomic E-state index is 0.00276. The smallest absolute Gasteiger partial charge is 0.308 e. The Bertz CT molecular complexity index is 799. The third kappa shape index (κ3) is 15.4. The minimum atomic E-state index is -0.595. The number of carbonyl (C=O) groups excluding carboxylic acids is 2. The van der Waals surface area contributed by atoms with E-state index in [-0.39, 0.29) is 54.7 Å². The van der Waals surface area contributed by atoms with E-state index in [0.29, 0.717) is 19.1 Å². The first-order valence-corrected chi connectivity index (χ1v) is 12.3. The van der Waals surface area contributed by atoms with E-state index in [1.807, 2.05) is 20.8 Å². The largest absolute Gasteiger partial charge is 0.460 e. The van der Waals surface area contributed by atoms with Gasteiger partial charge in [0.15, 0.2) is 0 Å². The van der Waals surface area contributed by atoms with Crippen molar-refractivity contribution in [1.82, 2.24) is 15.0 Å². The molecule has 0 amide bonds. The standard InChI is InChI=1S/C24H42ClN5O5/c1-22(2,3)33-16-10-13-26-20-27-19(25)28-21(29-20)30(14-11-17(31)34-23(4,5)6)15-12-18(32)35-24(7,8)9/h10-16H2,1-9H3,(H,26,27,28,29). The van der Waals surface area contributed by atoms with Crippen LogP contribution in [0.15, 0.2) is 0 Å². The van der Waals surface area contributed by atoms with Gasteiger partial charge in [-0.2, -0.15) is 15.0 Å². The molecule has 35 heavy (non-hydrogen) atoms. The summed E-state index contributed by atoms with van der Waals surface area (Å²) >= 11 is 6.16. The first kappa shape index (κ1) is 30.8. The van der Waals surface area contributed by atoms with Gasteiger partial charge in [0.1, 0.15) is 11.2 Å². The number of carbonyl (C=O) groups is 2. The number of hydrogen-bond acceptors (Lipinski definition) is 10. The van der Waals surface area contributed by atoms with Crippen molar-refractivity contribution in [3.63, 3.8) is 0 Å². The third-order valence-corrected chi connectivity index (χ3v) is 4.20. The number of esters is 2. The summed E-state index contributed by atoms with van der Waals surface area (Å²) in [6.07, 6.45) is 0.917. The van der Waals surface area contributed by atoms with Gasteiger partial charge in [-0.3, -0.25) is 9.59 Å². The van der Waals surface area contributed by atoms with Crippen LogP contribution >= 0.6 is 11.6 Å². The molecule has 200 valence electrons. The van der Waals surface area contributed by atoms with Gasteiger partial charge in [0, 0.05) is 26.2 Å². The Labute approximate surface area is 214 Å². The van der Waals surface area contributed by atoms with Crippen molar-refractivity contribution in [2.45, 2.75) is 98.4 Å². The number of halogens is 1. The molecule has 0 aliphatic heterocycles. The Kier molecular flexibility index (Phi) is 11.6. The average Bonchev–Trinajstić information content (AvgIpc) is 2.63. The van der Waals surface area contributed by atoms with Crippen LogP contribution in [0.4, 0.5) is 11.9 Å². The van der Waals surface area contributed by atoms with Crippen LogP contribution in [0.3, 0.4) is 0 Å². The van der Waals surface area contributed by atoms with Gasteiger partial charge in [0.2, 0.25) is 17.2 Å². The molecule has 0 aromatic carbocycles. The van der Waals surface area contributed by atoms with Crippen LogP contribution < -0.4 is 10.2 Å². The second-order valence-corrected chi connectivity index (χ2v) is 11.5. The van der Waals surface area contributed by atoms with Gasteiger partial charge in [-0.15, -0.1) is 0 Å². The highest BCUT2D eigenvalue weighted by atomic mass is 35.5. The van der Waals surface area contributed by atoms with E-state index >= 15 is 0 Å². The molecule has 0 unspecified atom stereocenters. The van der Waals surface area contributed by atoms with Crippen molar-refractivity contribution in [2.24, 2.45) is 0 Å². The molecule has 1 N–H and O–H groups in total. The molecule has 0 spiro atoms. The van der Waals surface area contributed by atoms with Crippen molar-refractivity contribution < 1.29 is 23.8 Å². The summed E-state index contributed by atoms with van der Waals surface area (Å²) in [5.74, 6) is -0.171. The van der Waals surface area contributed by atoms with Gasteiger partial charge in [-0.25, -0.2) is 0 Å². The van der Waals surface area contributed by atoms with E-state index in [0.717, 1.165) is 6.42 Å². The molecular weight excluding hydrogens is 474 g/mol. The maximum atomic E-state index is 12.3. The highest BCUT2D eigenvalue weighted by Gasteiger charge is 2.22. The minimum Gasteiger partial charge on any atom is -0.460 e. The fourth-order valence-electron chi connectivity index (χ4n) is 2.76. The molecule has 1 rings (SSSR count). The van der Waals surface area contributed by atoms with Crippen molar-refractivity contribution in [3.8, 4) is 0 Å². The Hall–Kier alpha value is -2.20.